The Hall–Kier alpha value is -1.38. The Labute approximate surface area is 103 Å². The second kappa shape index (κ2) is 5.30. The van der Waals surface area contributed by atoms with E-state index >= 15 is 0 Å². The van der Waals surface area contributed by atoms with Crippen molar-refractivity contribution in [3.63, 3.8) is 0 Å². The van der Waals surface area contributed by atoms with Gasteiger partial charge in [0.25, 0.3) is 0 Å². The highest BCUT2D eigenvalue weighted by Crippen LogP contribution is 2.34. The van der Waals surface area contributed by atoms with Gasteiger partial charge in [0, 0.05) is 0 Å². The zero-order valence-corrected chi connectivity index (χ0v) is 10.6. The summed E-state index contributed by atoms with van der Waals surface area (Å²) in [5.74, 6) is 2.27. The van der Waals surface area contributed by atoms with Gasteiger partial charge in [0.1, 0.15) is 17.2 Å². The van der Waals surface area contributed by atoms with Gasteiger partial charge in [0.2, 0.25) is 0 Å². The van der Waals surface area contributed by atoms with Gasteiger partial charge in [-0.3, -0.25) is 0 Å². The zero-order valence-electron chi connectivity index (χ0n) is 10.6. The molecule has 0 aromatic heterocycles. The van der Waals surface area contributed by atoms with Crippen LogP contribution in [0.1, 0.15) is 32.6 Å². The lowest BCUT2D eigenvalue weighted by Gasteiger charge is -2.27. The first-order chi connectivity index (χ1) is 8.20. The number of benzene rings is 1. The molecule has 1 fully saturated rings. The molecule has 0 radical (unpaired) electrons. The van der Waals surface area contributed by atoms with Crippen LogP contribution in [0, 0.1) is 5.92 Å². The molecule has 0 saturated heterocycles. The topological polar surface area (TPSA) is 44.5 Å². The Kier molecular flexibility index (Phi) is 3.77. The molecule has 1 aliphatic carbocycles. The molecule has 0 heterocycles. The molecule has 2 N–H and O–H groups in total. The lowest BCUT2D eigenvalue weighted by molar-refractivity contribution is 0.136. The first-order valence-corrected chi connectivity index (χ1v) is 6.30. The van der Waals surface area contributed by atoms with Crippen molar-refractivity contribution < 1.29 is 9.47 Å². The first-order valence-electron chi connectivity index (χ1n) is 6.30. The normalized spacial score (nSPS) is 24.4. The van der Waals surface area contributed by atoms with Crippen LogP contribution in [0.25, 0.3) is 0 Å². The molecule has 94 valence electrons. The van der Waals surface area contributed by atoms with Crippen molar-refractivity contribution in [3.8, 4) is 11.5 Å². The predicted octanol–water partition coefficient (Wildman–Crippen LogP) is 3.23. The molecule has 17 heavy (non-hydrogen) atoms. The lowest BCUT2D eigenvalue weighted by atomic mass is 9.89. The van der Waals surface area contributed by atoms with Gasteiger partial charge in [-0.1, -0.05) is 13.0 Å². The summed E-state index contributed by atoms with van der Waals surface area (Å²) >= 11 is 0. The SMILES string of the molecule is COc1cccc(OC2CCC(C)CC2)c1N. The van der Waals surface area contributed by atoms with Crippen LogP contribution in [0.15, 0.2) is 18.2 Å². The number of hydrogen-bond donors (Lipinski definition) is 1. The molecule has 0 aliphatic heterocycles. The summed E-state index contributed by atoms with van der Waals surface area (Å²) in [5, 5.41) is 0. The number of para-hydroxylation sites is 1. The fraction of sp³-hybridized carbons (Fsp3) is 0.571. The fourth-order valence-corrected chi connectivity index (χ4v) is 2.33. The summed E-state index contributed by atoms with van der Waals surface area (Å²) in [5.41, 5.74) is 6.59. The molecule has 0 amide bonds. The second-order valence-corrected chi connectivity index (χ2v) is 4.87. The molecule has 1 saturated carbocycles. The van der Waals surface area contributed by atoms with Crippen LogP contribution in [-0.4, -0.2) is 13.2 Å². The summed E-state index contributed by atoms with van der Waals surface area (Å²) in [7, 11) is 1.62. The van der Waals surface area contributed by atoms with E-state index in [-0.39, 0.29) is 0 Å². The average Bonchev–Trinajstić information content (AvgIpc) is 2.35. The molecule has 0 bridgehead atoms. The number of rotatable bonds is 3. The quantitative estimate of drug-likeness (QED) is 0.818. The highest BCUT2D eigenvalue weighted by atomic mass is 16.5. The van der Waals surface area contributed by atoms with Crippen molar-refractivity contribution in [3.05, 3.63) is 18.2 Å². The van der Waals surface area contributed by atoms with Gasteiger partial charge in [-0.05, 0) is 43.7 Å². The van der Waals surface area contributed by atoms with Crippen LogP contribution < -0.4 is 15.2 Å². The first kappa shape index (κ1) is 12.1. The molecule has 0 atom stereocenters. The number of nitrogens with two attached hydrogens (primary N) is 1. The summed E-state index contributed by atoms with van der Waals surface area (Å²) in [4.78, 5) is 0. The van der Waals surface area contributed by atoms with Crippen LogP contribution in [0.4, 0.5) is 5.69 Å². The van der Waals surface area contributed by atoms with Gasteiger partial charge in [-0.2, -0.15) is 0 Å². The third kappa shape index (κ3) is 2.84. The number of anilines is 1. The molecule has 3 nitrogen and oxygen atoms in total. The summed E-state index contributed by atoms with van der Waals surface area (Å²) < 4.78 is 11.2. The minimum atomic E-state index is 0.306. The summed E-state index contributed by atoms with van der Waals surface area (Å²) in [6, 6.07) is 5.68. The Morgan fingerprint density at radius 1 is 1.12 bits per heavy atom. The minimum absolute atomic E-state index is 0.306. The monoisotopic (exact) mass is 235 g/mol. The molecule has 1 aromatic carbocycles. The zero-order chi connectivity index (χ0) is 12.3. The molecular weight excluding hydrogens is 214 g/mol. The third-order valence-corrected chi connectivity index (χ3v) is 3.50. The standard InChI is InChI=1S/C14H21NO2/c1-10-6-8-11(9-7-10)17-13-5-3-4-12(16-2)14(13)15/h3-5,10-11H,6-9,15H2,1-2H3. The highest BCUT2D eigenvalue weighted by Gasteiger charge is 2.20. The minimum Gasteiger partial charge on any atom is -0.494 e. The molecule has 0 unspecified atom stereocenters. The largest absolute Gasteiger partial charge is 0.494 e. The molecule has 0 spiro atoms. The Balaban J connectivity index is 2.03. The lowest BCUT2D eigenvalue weighted by Crippen LogP contribution is -2.23. The van der Waals surface area contributed by atoms with Gasteiger partial charge < -0.3 is 15.2 Å². The van der Waals surface area contributed by atoms with E-state index in [0.29, 0.717) is 17.5 Å². The van der Waals surface area contributed by atoms with Crippen molar-refractivity contribution in [2.45, 2.75) is 38.7 Å². The van der Waals surface area contributed by atoms with Crippen LogP contribution in [0.3, 0.4) is 0 Å². The highest BCUT2D eigenvalue weighted by molar-refractivity contribution is 5.62. The van der Waals surface area contributed by atoms with E-state index in [1.807, 2.05) is 18.2 Å². The van der Waals surface area contributed by atoms with Gasteiger partial charge in [0.05, 0.1) is 13.2 Å². The molecule has 1 aliphatic rings. The maximum atomic E-state index is 5.99. The molecule has 1 aromatic rings. The molecule has 2 rings (SSSR count). The van der Waals surface area contributed by atoms with Crippen LogP contribution >= 0.6 is 0 Å². The van der Waals surface area contributed by atoms with Gasteiger partial charge >= 0.3 is 0 Å². The average molecular weight is 235 g/mol. The van der Waals surface area contributed by atoms with Crippen LogP contribution in [0.2, 0.25) is 0 Å². The number of hydrogen-bond acceptors (Lipinski definition) is 3. The van der Waals surface area contributed by atoms with Crippen molar-refractivity contribution in [1.29, 1.82) is 0 Å². The Morgan fingerprint density at radius 2 is 1.76 bits per heavy atom. The van der Waals surface area contributed by atoms with E-state index in [0.717, 1.165) is 24.5 Å². The van der Waals surface area contributed by atoms with E-state index in [1.54, 1.807) is 7.11 Å². The smallest absolute Gasteiger partial charge is 0.146 e. The molecular formula is C14H21NO2. The third-order valence-electron chi connectivity index (χ3n) is 3.50. The number of ether oxygens (including phenoxy) is 2. The predicted molar refractivity (Wildman–Crippen MR) is 69.5 cm³/mol. The maximum absolute atomic E-state index is 5.99. The Morgan fingerprint density at radius 3 is 2.41 bits per heavy atom. The number of nitrogen functional groups attached to an aromatic ring is 1. The summed E-state index contributed by atoms with van der Waals surface area (Å²) in [6.45, 7) is 2.30. The molecule has 3 heteroatoms. The fourth-order valence-electron chi connectivity index (χ4n) is 2.33. The van der Waals surface area contributed by atoms with Gasteiger partial charge in [0.15, 0.2) is 0 Å². The van der Waals surface area contributed by atoms with Crippen molar-refractivity contribution >= 4 is 5.69 Å². The van der Waals surface area contributed by atoms with E-state index in [1.165, 1.54) is 12.8 Å². The van der Waals surface area contributed by atoms with E-state index in [2.05, 4.69) is 6.92 Å². The van der Waals surface area contributed by atoms with E-state index in [4.69, 9.17) is 15.2 Å². The van der Waals surface area contributed by atoms with Crippen LogP contribution in [0.5, 0.6) is 11.5 Å². The van der Waals surface area contributed by atoms with E-state index in [9.17, 15) is 0 Å². The summed E-state index contributed by atoms with van der Waals surface area (Å²) in [6.07, 6.45) is 5.04. The van der Waals surface area contributed by atoms with Crippen molar-refractivity contribution in [2.75, 3.05) is 12.8 Å². The van der Waals surface area contributed by atoms with Crippen molar-refractivity contribution in [1.82, 2.24) is 0 Å². The number of methoxy groups -OCH3 is 1. The maximum Gasteiger partial charge on any atom is 0.146 e. The van der Waals surface area contributed by atoms with Gasteiger partial charge in [-0.25, -0.2) is 0 Å². The van der Waals surface area contributed by atoms with Crippen molar-refractivity contribution in [2.24, 2.45) is 5.92 Å². The van der Waals surface area contributed by atoms with E-state index < -0.39 is 0 Å². The van der Waals surface area contributed by atoms with Crippen LogP contribution in [-0.2, 0) is 0 Å². The van der Waals surface area contributed by atoms with Gasteiger partial charge in [-0.15, -0.1) is 0 Å². The Bertz CT molecular complexity index is 370. The second-order valence-electron chi connectivity index (χ2n) is 4.87.